The molecular formula is C28H34N4O6. The van der Waals surface area contributed by atoms with Crippen molar-refractivity contribution in [2.24, 2.45) is 0 Å². The van der Waals surface area contributed by atoms with E-state index in [-0.39, 0.29) is 18.8 Å². The van der Waals surface area contributed by atoms with Gasteiger partial charge in [-0.1, -0.05) is 6.08 Å². The molecule has 0 radical (unpaired) electrons. The monoisotopic (exact) mass is 522 g/mol. The molecule has 4 heterocycles. The van der Waals surface area contributed by atoms with Gasteiger partial charge in [0.25, 0.3) is 0 Å². The molecule has 2 aromatic heterocycles. The molecule has 4 atom stereocenters. The summed E-state index contributed by atoms with van der Waals surface area (Å²) in [4.78, 5) is 9.33. The largest absolute Gasteiger partial charge is 0.497 e. The summed E-state index contributed by atoms with van der Waals surface area (Å²) in [6.45, 7) is 4.12. The lowest BCUT2D eigenvalue weighted by Gasteiger charge is -2.24. The van der Waals surface area contributed by atoms with Gasteiger partial charge in [0.05, 0.1) is 26.2 Å². The van der Waals surface area contributed by atoms with Crippen LogP contribution in [0, 0.1) is 0 Å². The molecule has 2 N–H and O–H groups in total. The summed E-state index contributed by atoms with van der Waals surface area (Å²) in [6.07, 6.45) is 7.36. The highest BCUT2D eigenvalue weighted by molar-refractivity contribution is 5.98. The maximum Gasteiger partial charge on any atom is 0.164 e. The molecular weight excluding hydrogens is 488 g/mol. The Morgan fingerprint density at radius 3 is 2.74 bits per heavy atom. The van der Waals surface area contributed by atoms with Crippen LogP contribution in [0.5, 0.6) is 11.5 Å². The number of benzene rings is 1. The number of aromatic nitrogens is 3. The van der Waals surface area contributed by atoms with E-state index < -0.39 is 18.1 Å². The van der Waals surface area contributed by atoms with Gasteiger partial charge in [0, 0.05) is 29.9 Å². The molecule has 2 aliphatic heterocycles. The highest BCUT2D eigenvalue weighted by Crippen LogP contribution is 2.46. The lowest BCUT2D eigenvalue weighted by molar-refractivity contribution is -0.199. The molecule has 10 nitrogen and oxygen atoms in total. The van der Waals surface area contributed by atoms with Crippen molar-refractivity contribution in [1.82, 2.24) is 14.5 Å². The Kier molecular flexibility index (Phi) is 6.51. The van der Waals surface area contributed by atoms with Crippen LogP contribution in [0.15, 0.2) is 36.8 Å². The molecule has 0 spiro atoms. The number of ether oxygens (including phenoxy) is 5. The predicted octanol–water partition coefficient (Wildman–Crippen LogP) is 4.04. The van der Waals surface area contributed by atoms with E-state index in [9.17, 15) is 5.11 Å². The van der Waals surface area contributed by atoms with Crippen LogP contribution in [0.3, 0.4) is 0 Å². The molecule has 0 saturated carbocycles. The van der Waals surface area contributed by atoms with Gasteiger partial charge in [-0.2, -0.15) is 0 Å². The van der Waals surface area contributed by atoms with E-state index in [2.05, 4.69) is 22.6 Å². The Morgan fingerprint density at radius 2 is 2.00 bits per heavy atom. The summed E-state index contributed by atoms with van der Waals surface area (Å²) in [5, 5.41) is 14.4. The summed E-state index contributed by atoms with van der Waals surface area (Å²) < 4.78 is 31.6. The minimum absolute atomic E-state index is 0.153. The summed E-state index contributed by atoms with van der Waals surface area (Å²) >= 11 is 0. The molecule has 0 bridgehead atoms. The van der Waals surface area contributed by atoms with Crippen LogP contribution in [0.4, 0.5) is 5.82 Å². The zero-order valence-electron chi connectivity index (χ0n) is 22.1. The minimum Gasteiger partial charge on any atom is -0.497 e. The maximum absolute atomic E-state index is 10.0. The lowest BCUT2D eigenvalue weighted by atomic mass is 10.1. The van der Waals surface area contributed by atoms with Crippen molar-refractivity contribution >= 4 is 22.4 Å². The summed E-state index contributed by atoms with van der Waals surface area (Å²) in [5.41, 5.74) is 4.06. The Morgan fingerprint density at radius 1 is 1.16 bits per heavy atom. The number of allylic oxidation sites excluding steroid dienone is 2. The van der Waals surface area contributed by atoms with Gasteiger partial charge in [0.1, 0.15) is 47.6 Å². The van der Waals surface area contributed by atoms with Gasteiger partial charge in [-0.05, 0) is 50.8 Å². The number of fused-ring (bicyclic) bond motifs is 2. The van der Waals surface area contributed by atoms with Crippen LogP contribution in [0.25, 0.3) is 16.6 Å². The van der Waals surface area contributed by atoms with Gasteiger partial charge in [0.2, 0.25) is 0 Å². The Bertz CT molecular complexity index is 1370. The summed E-state index contributed by atoms with van der Waals surface area (Å²) in [7, 11) is 3.29. The molecule has 0 unspecified atom stereocenters. The number of methoxy groups -OCH3 is 2. The van der Waals surface area contributed by atoms with Crippen molar-refractivity contribution in [3.05, 3.63) is 47.9 Å². The van der Waals surface area contributed by atoms with Crippen LogP contribution in [-0.4, -0.2) is 64.6 Å². The third-order valence-electron chi connectivity index (χ3n) is 7.52. The first-order valence-electron chi connectivity index (χ1n) is 13.0. The molecule has 10 heteroatoms. The predicted molar refractivity (Wildman–Crippen MR) is 141 cm³/mol. The van der Waals surface area contributed by atoms with Gasteiger partial charge in [-0.15, -0.1) is 0 Å². The third-order valence-corrected chi connectivity index (χ3v) is 7.52. The molecule has 1 aromatic carbocycles. The number of anilines is 1. The molecule has 1 aliphatic carbocycles. The number of hydrogen-bond donors (Lipinski definition) is 2. The van der Waals surface area contributed by atoms with Crippen molar-refractivity contribution in [3.8, 4) is 11.5 Å². The van der Waals surface area contributed by atoms with Gasteiger partial charge in [-0.25, -0.2) is 9.97 Å². The second-order valence-electron chi connectivity index (χ2n) is 10.3. The topological polar surface area (TPSA) is 109 Å². The van der Waals surface area contributed by atoms with E-state index in [4.69, 9.17) is 28.7 Å². The Labute approximate surface area is 221 Å². The fourth-order valence-corrected chi connectivity index (χ4v) is 5.78. The first-order chi connectivity index (χ1) is 18.4. The number of aliphatic hydroxyl groups is 1. The molecule has 2 saturated heterocycles. The SMILES string of the molecule is COc1ccc(CNc2ncnc3c2c(C2=CCCC2)cn3[C@@H]2O[C@H](CO)[C@H]3OC(C)(C)O[C@H]32)c(OC)c1. The average Bonchev–Trinajstić information content (AvgIpc) is 3.70. The van der Waals surface area contributed by atoms with E-state index >= 15 is 0 Å². The normalized spacial score (nSPS) is 26.0. The van der Waals surface area contributed by atoms with Crippen LogP contribution >= 0.6 is 0 Å². The standard InChI is InChI=1S/C28H34N4O6/c1-28(2)37-23-21(14-33)36-27(24(23)38-28)32-13-19(16-7-5-6-8-16)22-25(30-15-31-26(22)32)29-12-17-9-10-18(34-3)11-20(17)35-4/h7,9-11,13,15,21,23-24,27,33H,5-6,8,12,14H2,1-4H3,(H,29,30,31)/t21-,23-,24-,27-/m1/s1. The van der Waals surface area contributed by atoms with Gasteiger partial charge in [0.15, 0.2) is 12.0 Å². The quantitative estimate of drug-likeness (QED) is 0.453. The fraction of sp³-hybridized carbons (Fsp3) is 0.500. The zero-order valence-corrected chi connectivity index (χ0v) is 22.1. The second kappa shape index (κ2) is 9.85. The number of hydrogen-bond acceptors (Lipinski definition) is 9. The van der Waals surface area contributed by atoms with E-state index in [0.29, 0.717) is 6.54 Å². The molecule has 202 valence electrons. The van der Waals surface area contributed by atoms with Crippen molar-refractivity contribution in [2.45, 2.75) is 70.0 Å². The first-order valence-corrected chi connectivity index (χ1v) is 13.0. The van der Waals surface area contributed by atoms with Crippen LogP contribution in [-0.2, 0) is 20.8 Å². The first kappa shape index (κ1) is 25.1. The second-order valence-corrected chi connectivity index (χ2v) is 10.3. The Balaban J connectivity index is 1.40. The van der Waals surface area contributed by atoms with Crippen molar-refractivity contribution in [1.29, 1.82) is 0 Å². The molecule has 2 fully saturated rings. The van der Waals surface area contributed by atoms with Crippen LogP contribution in [0.2, 0.25) is 0 Å². The minimum atomic E-state index is -0.760. The molecule has 3 aliphatic rings. The summed E-state index contributed by atoms with van der Waals surface area (Å²) in [6, 6.07) is 5.76. The third kappa shape index (κ3) is 4.31. The smallest absolute Gasteiger partial charge is 0.164 e. The van der Waals surface area contributed by atoms with Crippen LogP contribution in [0.1, 0.15) is 50.5 Å². The van der Waals surface area contributed by atoms with Crippen LogP contribution < -0.4 is 14.8 Å². The van der Waals surface area contributed by atoms with E-state index in [0.717, 1.165) is 58.7 Å². The maximum atomic E-state index is 10.0. The van der Waals surface area contributed by atoms with E-state index in [1.165, 1.54) is 5.57 Å². The van der Waals surface area contributed by atoms with Gasteiger partial charge >= 0.3 is 0 Å². The number of aliphatic hydroxyl groups excluding tert-OH is 1. The average molecular weight is 523 g/mol. The molecule has 0 amide bonds. The van der Waals surface area contributed by atoms with E-state index in [1.807, 2.05) is 36.6 Å². The van der Waals surface area contributed by atoms with Gasteiger partial charge < -0.3 is 38.7 Å². The molecule has 6 rings (SSSR count). The van der Waals surface area contributed by atoms with Crippen molar-refractivity contribution in [3.63, 3.8) is 0 Å². The highest BCUT2D eigenvalue weighted by Gasteiger charge is 2.56. The van der Waals surface area contributed by atoms with E-state index in [1.54, 1.807) is 20.5 Å². The molecule has 38 heavy (non-hydrogen) atoms. The van der Waals surface area contributed by atoms with Gasteiger partial charge in [-0.3, -0.25) is 0 Å². The van der Waals surface area contributed by atoms with Crippen molar-refractivity contribution < 1.29 is 28.8 Å². The highest BCUT2D eigenvalue weighted by atomic mass is 16.8. The number of rotatable bonds is 8. The summed E-state index contributed by atoms with van der Waals surface area (Å²) in [5.74, 6) is 1.44. The van der Waals surface area contributed by atoms with Crippen molar-refractivity contribution in [2.75, 3.05) is 26.1 Å². The Hall–Kier alpha value is -3.18. The number of nitrogens with zero attached hydrogens (tertiary/aromatic N) is 3. The molecule has 3 aromatic rings. The zero-order chi connectivity index (χ0) is 26.4. The lowest BCUT2D eigenvalue weighted by Crippen LogP contribution is -2.31. The fourth-order valence-electron chi connectivity index (χ4n) is 5.78. The number of nitrogens with one attached hydrogen (secondary N) is 1.